The van der Waals surface area contributed by atoms with Gasteiger partial charge in [0.05, 0.1) is 0 Å². The first-order chi connectivity index (χ1) is 8.09. The summed E-state index contributed by atoms with van der Waals surface area (Å²) in [4.78, 5) is 26.2. The molecule has 2 aromatic rings. The summed E-state index contributed by atoms with van der Waals surface area (Å²) >= 11 is 3.28. The molecule has 1 heterocycles. The van der Waals surface area contributed by atoms with Crippen LogP contribution in [0.1, 0.15) is 10.5 Å². The van der Waals surface area contributed by atoms with Crippen LogP contribution in [-0.2, 0) is 0 Å². The highest BCUT2D eigenvalue weighted by Crippen LogP contribution is 2.13. The molecule has 0 unspecified atom stereocenters. The maximum Gasteiger partial charge on any atom is 0.360 e. The third kappa shape index (κ3) is 2.26. The first-order valence-electron chi connectivity index (χ1n) is 4.66. The molecule has 0 saturated carbocycles. The van der Waals surface area contributed by atoms with E-state index >= 15 is 0 Å². The Bertz CT molecular complexity index is 637. The highest BCUT2D eigenvalue weighted by Gasteiger charge is 2.12. The van der Waals surface area contributed by atoms with E-state index < -0.39 is 17.2 Å². The second kappa shape index (κ2) is 4.50. The van der Waals surface area contributed by atoms with Gasteiger partial charge in [0.15, 0.2) is 0 Å². The van der Waals surface area contributed by atoms with Crippen molar-refractivity contribution in [2.24, 2.45) is 0 Å². The van der Waals surface area contributed by atoms with Crippen LogP contribution in [0.3, 0.4) is 0 Å². The monoisotopic (exact) mass is 294 g/mol. The number of carboxylic acid groups (broad SMARTS) is 1. The molecule has 0 bridgehead atoms. The molecule has 1 N–H and O–H groups in total. The molecule has 0 aliphatic carbocycles. The Labute approximate surface area is 104 Å². The summed E-state index contributed by atoms with van der Waals surface area (Å²) in [5.74, 6) is -1.33. The van der Waals surface area contributed by atoms with Crippen molar-refractivity contribution in [2.45, 2.75) is 0 Å². The zero-order valence-corrected chi connectivity index (χ0v) is 10.1. The van der Waals surface area contributed by atoms with E-state index in [9.17, 15) is 9.59 Å². The molecule has 0 fully saturated rings. The Kier molecular flexibility index (Phi) is 3.06. The van der Waals surface area contributed by atoms with E-state index in [1.165, 1.54) is 17.0 Å². The van der Waals surface area contributed by atoms with Crippen LogP contribution in [0, 0.1) is 0 Å². The van der Waals surface area contributed by atoms with Gasteiger partial charge < -0.3 is 5.11 Å². The zero-order chi connectivity index (χ0) is 12.4. The van der Waals surface area contributed by atoms with Gasteiger partial charge in [-0.05, 0) is 18.2 Å². The molecule has 86 valence electrons. The molecule has 5 nitrogen and oxygen atoms in total. The fourth-order valence-electron chi connectivity index (χ4n) is 1.39. The van der Waals surface area contributed by atoms with Gasteiger partial charge >= 0.3 is 5.97 Å². The third-order valence-electron chi connectivity index (χ3n) is 2.13. The summed E-state index contributed by atoms with van der Waals surface area (Å²) in [6.45, 7) is 0. The Hall–Kier alpha value is -1.95. The lowest BCUT2D eigenvalue weighted by Crippen LogP contribution is -2.26. The first kappa shape index (κ1) is 11.5. The van der Waals surface area contributed by atoms with Crippen LogP contribution in [0.2, 0.25) is 0 Å². The Balaban J connectivity index is 2.65. The number of nitrogens with zero attached hydrogens (tertiary/aromatic N) is 2. The molecule has 0 radical (unpaired) electrons. The van der Waals surface area contributed by atoms with Gasteiger partial charge in [-0.25, -0.2) is 9.78 Å². The average molecular weight is 295 g/mol. The summed E-state index contributed by atoms with van der Waals surface area (Å²) in [6, 6.07) is 6.99. The van der Waals surface area contributed by atoms with Crippen molar-refractivity contribution in [3.63, 3.8) is 0 Å². The van der Waals surface area contributed by atoms with Gasteiger partial charge in [-0.1, -0.05) is 22.0 Å². The maximum atomic E-state index is 11.8. The maximum absolute atomic E-state index is 11.8. The molecular formula is C11H7BrN2O3. The van der Waals surface area contributed by atoms with E-state index in [1.807, 2.05) is 6.07 Å². The fourth-order valence-corrected chi connectivity index (χ4v) is 1.77. The van der Waals surface area contributed by atoms with E-state index in [4.69, 9.17) is 5.11 Å². The quantitative estimate of drug-likeness (QED) is 0.915. The van der Waals surface area contributed by atoms with Gasteiger partial charge in [0.1, 0.15) is 0 Å². The predicted molar refractivity (Wildman–Crippen MR) is 64.5 cm³/mol. The molecule has 0 saturated heterocycles. The number of benzene rings is 1. The topological polar surface area (TPSA) is 72.2 Å². The van der Waals surface area contributed by atoms with Crippen LogP contribution in [0.5, 0.6) is 0 Å². The van der Waals surface area contributed by atoms with Crippen molar-refractivity contribution in [1.29, 1.82) is 0 Å². The minimum Gasteiger partial charge on any atom is -0.476 e. The Morgan fingerprint density at radius 1 is 1.41 bits per heavy atom. The van der Waals surface area contributed by atoms with Gasteiger partial charge in [0, 0.05) is 22.6 Å². The highest BCUT2D eigenvalue weighted by atomic mass is 79.9. The number of hydrogen-bond acceptors (Lipinski definition) is 3. The van der Waals surface area contributed by atoms with Crippen LogP contribution in [0.25, 0.3) is 5.69 Å². The Morgan fingerprint density at radius 3 is 2.82 bits per heavy atom. The van der Waals surface area contributed by atoms with Crippen molar-refractivity contribution < 1.29 is 9.90 Å². The normalized spacial score (nSPS) is 10.2. The molecule has 1 aromatic heterocycles. The summed E-state index contributed by atoms with van der Waals surface area (Å²) in [5.41, 5.74) is -0.570. The van der Waals surface area contributed by atoms with Gasteiger partial charge in [-0.3, -0.25) is 9.36 Å². The number of rotatable bonds is 2. The molecule has 1 aromatic carbocycles. The molecule has 0 spiro atoms. The number of hydrogen-bond donors (Lipinski definition) is 1. The van der Waals surface area contributed by atoms with Crippen LogP contribution in [-0.4, -0.2) is 20.6 Å². The molecule has 0 atom stereocenters. The van der Waals surface area contributed by atoms with Crippen molar-refractivity contribution in [2.75, 3.05) is 0 Å². The minimum absolute atomic E-state index is 0.493. The van der Waals surface area contributed by atoms with E-state index in [-0.39, 0.29) is 0 Å². The second-order valence-corrected chi connectivity index (χ2v) is 4.15. The van der Waals surface area contributed by atoms with Gasteiger partial charge in [-0.2, -0.15) is 0 Å². The molecular weight excluding hydrogens is 288 g/mol. The number of carbonyl (C=O) groups is 1. The van der Waals surface area contributed by atoms with Crippen LogP contribution in [0.15, 0.2) is 45.9 Å². The lowest BCUT2D eigenvalue weighted by molar-refractivity contribution is 0.0688. The van der Waals surface area contributed by atoms with Crippen molar-refractivity contribution in [1.82, 2.24) is 9.55 Å². The molecule has 17 heavy (non-hydrogen) atoms. The van der Waals surface area contributed by atoms with Crippen molar-refractivity contribution in [3.8, 4) is 5.69 Å². The van der Waals surface area contributed by atoms with E-state index in [0.29, 0.717) is 5.69 Å². The lowest BCUT2D eigenvalue weighted by Gasteiger charge is -2.05. The first-order valence-corrected chi connectivity index (χ1v) is 5.46. The van der Waals surface area contributed by atoms with Gasteiger partial charge in [-0.15, -0.1) is 0 Å². The summed E-state index contributed by atoms with van der Waals surface area (Å²) < 4.78 is 2.04. The smallest absolute Gasteiger partial charge is 0.360 e. The third-order valence-corrected chi connectivity index (χ3v) is 2.62. The van der Waals surface area contributed by atoms with Crippen molar-refractivity contribution in [3.05, 3.63) is 57.2 Å². The number of aromatic nitrogens is 2. The highest BCUT2D eigenvalue weighted by molar-refractivity contribution is 9.10. The molecule has 0 aliphatic heterocycles. The lowest BCUT2D eigenvalue weighted by atomic mass is 10.3. The fraction of sp³-hybridized carbons (Fsp3) is 0. The van der Waals surface area contributed by atoms with Crippen LogP contribution >= 0.6 is 15.9 Å². The van der Waals surface area contributed by atoms with Crippen molar-refractivity contribution >= 4 is 21.9 Å². The van der Waals surface area contributed by atoms with Crippen LogP contribution in [0.4, 0.5) is 0 Å². The Morgan fingerprint density at radius 2 is 2.18 bits per heavy atom. The number of aromatic carboxylic acids is 1. The van der Waals surface area contributed by atoms with E-state index in [0.717, 1.165) is 4.47 Å². The molecule has 2 rings (SSSR count). The summed E-state index contributed by atoms with van der Waals surface area (Å²) in [7, 11) is 0. The second-order valence-electron chi connectivity index (χ2n) is 3.24. The average Bonchev–Trinajstić information content (AvgIpc) is 2.29. The van der Waals surface area contributed by atoms with Gasteiger partial charge in [0.2, 0.25) is 5.69 Å². The summed E-state index contributed by atoms with van der Waals surface area (Å²) in [5, 5.41) is 8.81. The SMILES string of the molecule is O=C(O)c1nccn(-c2cccc(Br)c2)c1=O. The minimum atomic E-state index is -1.33. The van der Waals surface area contributed by atoms with E-state index in [1.54, 1.807) is 18.2 Å². The standard InChI is InChI=1S/C11H7BrN2O3/c12-7-2-1-3-8(6-7)14-5-4-13-9(10(14)15)11(16)17/h1-6H,(H,16,17). The summed E-state index contributed by atoms with van der Waals surface area (Å²) in [6.07, 6.45) is 2.71. The molecule has 0 amide bonds. The number of carboxylic acids is 1. The van der Waals surface area contributed by atoms with Gasteiger partial charge in [0.25, 0.3) is 5.56 Å². The largest absolute Gasteiger partial charge is 0.476 e. The molecule has 0 aliphatic rings. The molecule has 6 heteroatoms. The predicted octanol–water partition coefficient (Wildman–Crippen LogP) is 1.69. The number of halogens is 1. The zero-order valence-electron chi connectivity index (χ0n) is 8.50. The van der Waals surface area contributed by atoms with Crippen LogP contribution < -0.4 is 5.56 Å². The van der Waals surface area contributed by atoms with E-state index in [2.05, 4.69) is 20.9 Å².